The molecule has 4 nitrogen and oxygen atoms in total. The summed E-state index contributed by atoms with van der Waals surface area (Å²) in [6.45, 7) is 4.49. The fourth-order valence-electron chi connectivity index (χ4n) is 2.80. The van der Waals surface area contributed by atoms with Crippen LogP contribution in [0.25, 0.3) is 0 Å². The highest BCUT2D eigenvalue weighted by molar-refractivity contribution is 4.82. The number of nitrogens with zero attached hydrogens (tertiary/aromatic N) is 1. The van der Waals surface area contributed by atoms with E-state index in [0.717, 1.165) is 6.54 Å². The normalized spacial score (nSPS) is 26.5. The lowest BCUT2D eigenvalue weighted by Gasteiger charge is -2.35. The molecular formula is C14H30N2O2. The monoisotopic (exact) mass is 258 g/mol. The number of aliphatic hydroxyl groups excluding tert-OH is 1. The van der Waals surface area contributed by atoms with Gasteiger partial charge in [-0.2, -0.15) is 0 Å². The van der Waals surface area contributed by atoms with Crippen LogP contribution in [0.5, 0.6) is 0 Å². The molecule has 1 rings (SSSR count). The molecule has 0 amide bonds. The zero-order chi connectivity index (χ0) is 13.4. The van der Waals surface area contributed by atoms with Crippen LogP contribution in [0.15, 0.2) is 0 Å². The van der Waals surface area contributed by atoms with Gasteiger partial charge in [0.15, 0.2) is 0 Å². The maximum Gasteiger partial charge on any atom is 0.0900 e. The Morgan fingerprint density at radius 2 is 2.00 bits per heavy atom. The van der Waals surface area contributed by atoms with Crippen molar-refractivity contribution in [3.05, 3.63) is 0 Å². The Hall–Kier alpha value is -0.160. The summed E-state index contributed by atoms with van der Waals surface area (Å²) in [6, 6.07) is 1.33. The molecule has 1 aliphatic carbocycles. The van der Waals surface area contributed by atoms with Crippen LogP contribution in [0.3, 0.4) is 0 Å². The Balaban J connectivity index is 2.20. The van der Waals surface area contributed by atoms with E-state index in [1.807, 2.05) is 0 Å². The van der Waals surface area contributed by atoms with Gasteiger partial charge in [-0.25, -0.2) is 0 Å². The lowest BCUT2D eigenvalue weighted by Crippen LogP contribution is -2.44. The third kappa shape index (κ3) is 5.65. The lowest BCUT2D eigenvalue weighted by molar-refractivity contribution is 0.0287. The van der Waals surface area contributed by atoms with Crippen LogP contribution >= 0.6 is 0 Å². The molecule has 1 saturated carbocycles. The molecule has 2 N–H and O–H groups in total. The van der Waals surface area contributed by atoms with Gasteiger partial charge in [-0.3, -0.25) is 0 Å². The summed E-state index contributed by atoms with van der Waals surface area (Å²) in [5.41, 5.74) is 0. The van der Waals surface area contributed by atoms with Crippen LogP contribution in [0.2, 0.25) is 0 Å². The van der Waals surface area contributed by atoms with Crippen molar-refractivity contribution in [3.63, 3.8) is 0 Å². The second kappa shape index (κ2) is 8.86. The first-order valence-corrected chi connectivity index (χ1v) is 7.28. The number of ether oxygens (including phenoxy) is 1. The first-order valence-electron chi connectivity index (χ1n) is 7.28. The summed E-state index contributed by atoms with van der Waals surface area (Å²) in [5.74, 6) is 0. The predicted octanol–water partition coefficient (Wildman–Crippen LogP) is 1.24. The van der Waals surface area contributed by atoms with Gasteiger partial charge in [-0.15, -0.1) is 0 Å². The van der Waals surface area contributed by atoms with E-state index in [4.69, 9.17) is 4.74 Å². The van der Waals surface area contributed by atoms with Crippen LogP contribution in [0.4, 0.5) is 0 Å². The van der Waals surface area contributed by atoms with E-state index in [1.165, 1.54) is 32.1 Å². The Bertz CT molecular complexity index is 206. The van der Waals surface area contributed by atoms with Crippen molar-refractivity contribution < 1.29 is 9.84 Å². The summed E-state index contributed by atoms with van der Waals surface area (Å²) in [4.78, 5) is 2.29. The Labute approximate surface area is 112 Å². The topological polar surface area (TPSA) is 44.7 Å². The molecule has 0 aromatic heterocycles. The van der Waals surface area contributed by atoms with Crippen LogP contribution in [0.1, 0.15) is 39.0 Å². The van der Waals surface area contributed by atoms with Gasteiger partial charge in [-0.05, 0) is 45.7 Å². The minimum absolute atomic E-state index is 0.365. The van der Waals surface area contributed by atoms with E-state index in [0.29, 0.717) is 25.2 Å². The fraction of sp³-hybridized carbons (Fsp3) is 1.00. The van der Waals surface area contributed by atoms with Gasteiger partial charge in [0.05, 0.1) is 12.7 Å². The number of hydrogen-bond acceptors (Lipinski definition) is 4. The van der Waals surface area contributed by atoms with Crippen molar-refractivity contribution in [3.8, 4) is 0 Å². The lowest BCUT2D eigenvalue weighted by atomic mass is 9.90. The molecule has 1 aliphatic rings. The number of nitrogens with one attached hydrogen (secondary N) is 1. The number of rotatable bonds is 8. The number of likely N-dealkylation sites (N-methyl/N-ethyl adjacent to an activating group) is 1. The molecule has 0 aliphatic heterocycles. The molecule has 4 heteroatoms. The molecule has 18 heavy (non-hydrogen) atoms. The van der Waals surface area contributed by atoms with E-state index < -0.39 is 0 Å². The second-order valence-corrected chi connectivity index (χ2v) is 5.51. The Kier molecular flexibility index (Phi) is 7.82. The molecule has 0 heterocycles. The smallest absolute Gasteiger partial charge is 0.0900 e. The van der Waals surface area contributed by atoms with Gasteiger partial charge in [0.2, 0.25) is 0 Å². The second-order valence-electron chi connectivity index (χ2n) is 5.51. The maximum absolute atomic E-state index is 9.74. The molecule has 0 aromatic carbocycles. The highest BCUT2D eigenvalue weighted by Gasteiger charge is 2.24. The number of aliphatic hydroxyl groups is 1. The van der Waals surface area contributed by atoms with Gasteiger partial charge in [0.25, 0.3) is 0 Å². The van der Waals surface area contributed by atoms with Crippen molar-refractivity contribution in [2.75, 3.05) is 33.9 Å². The first-order chi connectivity index (χ1) is 8.67. The van der Waals surface area contributed by atoms with Crippen LogP contribution in [-0.4, -0.2) is 62.0 Å². The highest BCUT2D eigenvalue weighted by atomic mass is 16.5. The third-order valence-corrected chi connectivity index (χ3v) is 3.86. The third-order valence-electron chi connectivity index (χ3n) is 3.86. The average Bonchev–Trinajstić information content (AvgIpc) is 2.37. The van der Waals surface area contributed by atoms with Gasteiger partial charge in [0, 0.05) is 25.7 Å². The van der Waals surface area contributed by atoms with Crippen molar-refractivity contribution in [1.82, 2.24) is 10.2 Å². The van der Waals surface area contributed by atoms with E-state index in [9.17, 15) is 5.11 Å². The molecule has 1 atom stereocenters. The summed E-state index contributed by atoms with van der Waals surface area (Å²) in [5, 5.41) is 13.3. The zero-order valence-electron chi connectivity index (χ0n) is 12.2. The van der Waals surface area contributed by atoms with Crippen molar-refractivity contribution in [2.45, 2.75) is 57.2 Å². The number of methoxy groups -OCH3 is 1. The maximum atomic E-state index is 9.74. The summed E-state index contributed by atoms with van der Waals surface area (Å²) >= 11 is 0. The molecule has 1 fully saturated rings. The summed E-state index contributed by atoms with van der Waals surface area (Å²) in [7, 11) is 3.75. The van der Waals surface area contributed by atoms with E-state index in [2.05, 4.69) is 24.2 Å². The molecule has 0 aromatic rings. The predicted molar refractivity (Wildman–Crippen MR) is 74.9 cm³/mol. The Morgan fingerprint density at radius 1 is 1.33 bits per heavy atom. The van der Waals surface area contributed by atoms with E-state index in [-0.39, 0.29) is 6.10 Å². The summed E-state index contributed by atoms with van der Waals surface area (Å²) < 4.78 is 4.97. The SMILES string of the molecule is CCCNC1CCC(N(C)CC(O)COC)CC1. The minimum atomic E-state index is -0.365. The minimum Gasteiger partial charge on any atom is -0.389 e. The first kappa shape index (κ1) is 15.9. The van der Waals surface area contributed by atoms with Gasteiger partial charge in [0.1, 0.15) is 0 Å². The molecular weight excluding hydrogens is 228 g/mol. The molecule has 108 valence electrons. The molecule has 0 saturated heterocycles. The van der Waals surface area contributed by atoms with Crippen LogP contribution in [0, 0.1) is 0 Å². The molecule has 0 radical (unpaired) electrons. The van der Waals surface area contributed by atoms with Gasteiger partial charge < -0.3 is 20.1 Å². The quantitative estimate of drug-likeness (QED) is 0.687. The highest BCUT2D eigenvalue weighted by Crippen LogP contribution is 2.22. The van der Waals surface area contributed by atoms with Crippen molar-refractivity contribution >= 4 is 0 Å². The van der Waals surface area contributed by atoms with Crippen molar-refractivity contribution in [2.24, 2.45) is 0 Å². The largest absolute Gasteiger partial charge is 0.389 e. The van der Waals surface area contributed by atoms with Crippen molar-refractivity contribution in [1.29, 1.82) is 0 Å². The van der Waals surface area contributed by atoms with E-state index in [1.54, 1.807) is 7.11 Å². The molecule has 0 bridgehead atoms. The van der Waals surface area contributed by atoms with E-state index >= 15 is 0 Å². The molecule has 1 unspecified atom stereocenters. The van der Waals surface area contributed by atoms with Gasteiger partial charge in [-0.1, -0.05) is 6.92 Å². The van der Waals surface area contributed by atoms with Gasteiger partial charge >= 0.3 is 0 Å². The zero-order valence-corrected chi connectivity index (χ0v) is 12.2. The van der Waals surface area contributed by atoms with Crippen LogP contribution < -0.4 is 5.32 Å². The summed E-state index contributed by atoms with van der Waals surface area (Å²) in [6.07, 6.45) is 5.83. The fourth-order valence-corrected chi connectivity index (χ4v) is 2.80. The molecule has 0 spiro atoms. The Morgan fingerprint density at radius 3 is 2.56 bits per heavy atom. The van der Waals surface area contributed by atoms with Crippen LogP contribution in [-0.2, 0) is 4.74 Å². The number of hydrogen-bond donors (Lipinski definition) is 2. The average molecular weight is 258 g/mol. The standard InChI is InChI=1S/C14H30N2O2/c1-4-9-15-12-5-7-13(8-6-12)16(2)10-14(17)11-18-3/h12-15,17H,4-11H2,1-3H3.